The zero-order valence-electron chi connectivity index (χ0n) is 13.7. The molecule has 2 rings (SSSR count). The van der Waals surface area contributed by atoms with E-state index >= 15 is 0 Å². The van der Waals surface area contributed by atoms with Crippen molar-refractivity contribution in [2.24, 2.45) is 4.99 Å². The molecule has 0 fully saturated rings. The zero-order chi connectivity index (χ0) is 16.3. The molecule has 24 heavy (non-hydrogen) atoms. The monoisotopic (exact) mass is 441 g/mol. The van der Waals surface area contributed by atoms with E-state index < -0.39 is 0 Å². The molecule has 0 saturated carbocycles. The van der Waals surface area contributed by atoms with Crippen molar-refractivity contribution in [1.29, 1.82) is 0 Å². The summed E-state index contributed by atoms with van der Waals surface area (Å²) < 4.78 is 2.08. The molecule has 0 aliphatic carbocycles. The molecule has 130 valence electrons. The highest BCUT2D eigenvalue weighted by molar-refractivity contribution is 14.0. The van der Waals surface area contributed by atoms with Crippen LogP contribution in [0, 0.1) is 0 Å². The summed E-state index contributed by atoms with van der Waals surface area (Å²) in [5.41, 5.74) is 0.776. The van der Waals surface area contributed by atoms with Gasteiger partial charge in [0, 0.05) is 37.7 Å². The molecule has 0 atom stereocenters. The normalized spacial score (nSPS) is 10.6. The number of aromatic nitrogens is 1. The quantitative estimate of drug-likeness (QED) is 0.351. The number of nitrogens with zero attached hydrogens (tertiary/aromatic N) is 2. The van der Waals surface area contributed by atoms with Crippen LogP contribution < -0.4 is 16.0 Å². The van der Waals surface area contributed by atoms with Crippen LogP contribution in [-0.4, -0.2) is 36.1 Å². The summed E-state index contributed by atoms with van der Waals surface area (Å²) in [7, 11) is 0. The summed E-state index contributed by atoms with van der Waals surface area (Å²) >= 11 is 0. The maximum absolute atomic E-state index is 11.9. The fourth-order valence-corrected chi connectivity index (χ4v) is 2.04. The molecule has 0 aliphatic heterocycles. The third kappa shape index (κ3) is 7.49. The van der Waals surface area contributed by atoms with Crippen molar-refractivity contribution in [3.8, 4) is 0 Å². The number of anilines is 1. The van der Waals surface area contributed by atoms with Crippen molar-refractivity contribution in [2.45, 2.75) is 13.5 Å². The maximum atomic E-state index is 11.9. The van der Waals surface area contributed by atoms with Gasteiger partial charge in [-0.05, 0) is 31.2 Å². The molecule has 1 aromatic heterocycles. The van der Waals surface area contributed by atoms with Crippen LogP contribution in [0.1, 0.15) is 6.92 Å². The molecule has 1 aromatic carbocycles. The number of para-hydroxylation sites is 1. The average Bonchev–Trinajstić information content (AvgIpc) is 3.07. The van der Waals surface area contributed by atoms with Gasteiger partial charge in [-0.3, -0.25) is 4.79 Å². The van der Waals surface area contributed by atoms with E-state index in [1.807, 2.05) is 61.8 Å². The first kappa shape index (κ1) is 20.0. The molecule has 0 saturated heterocycles. The summed E-state index contributed by atoms with van der Waals surface area (Å²) in [5, 5.41) is 9.16. The van der Waals surface area contributed by atoms with Crippen LogP contribution in [0.4, 0.5) is 5.69 Å². The van der Waals surface area contributed by atoms with Crippen molar-refractivity contribution >= 4 is 41.5 Å². The van der Waals surface area contributed by atoms with E-state index in [1.54, 1.807) is 0 Å². The first-order valence-corrected chi connectivity index (χ1v) is 7.76. The molecule has 0 bridgehead atoms. The van der Waals surface area contributed by atoms with E-state index in [0.29, 0.717) is 5.96 Å². The van der Waals surface area contributed by atoms with E-state index in [-0.39, 0.29) is 36.4 Å². The van der Waals surface area contributed by atoms with Crippen molar-refractivity contribution in [1.82, 2.24) is 15.2 Å². The van der Waals surface area contributed by atoms with Gasteiger partial charge in [0.1, 0.15) is 6.54 Å². The van der Waals surface area contributed by atoms with Crippen LogP contribution in [0.3, 0.4) is 0 Å². The molecular formula is C17H24IN5O. The SMILES string of the molecule is CCNC(=NCC(=O)Nc1ccccc1)NCCn1cccc1.I. The number of hydrogen-bond acceptors (Lipinski definition) is 2. The van der Waals surface area contributed by atoms with Crippen LogP contribution >= 0.6 is 24.0 Å². The minimum atomic E-state index is -0.140. The van der Waals surface area contributed by atoms with Gasteiger partial charge in [0.2, 0.25) is 5.91 Å². The predicted octanol–water partition coefficient (Wildman–Crippen LogP) is 2.30. The van der Waals surface area contributed by atoms with Gasteiger partial charge in [-0.25, -0.2) is 4.99 Å². The van der Waals surface area contributed by atoms with Crippen molar-refractivity contribution in [3.63, 3.8) is 0 Å². The molecular weight excluding hydrogens is 417 g/mol. The summed E-state index contributed by atoms with van der Waals surface area (Å²) in [4.78, 5) is 16.2. The van der Waals surface area contributed by atoms with Gasteiger partial charge in [-0.1, -0.05) is 18.2 Å². The smallest absolute Gasteiger partial charge is 0.246 e. The fraction of sp³-hybridized carbons (Fsp3) is 0.294. The first-order valence-electron chi connectivity index (χ1n) is 7.76. The number of rotatable bonds is 7. The number of guanidine groups is 1. The lowest BCUT2D eigenvalue weighted by Gasteiger charge is -2.11. The molecule has 0 radical (unpaired) electrons. The third-order valence-electron chi connectivity index (χ3n) is 3.11. The number of halogens is 1. The minimum Gasteiger partial charge on any atom is -0.357 e. The van der Waals surface area contributed by atoms with Gasteiger partial charge >= 0.3 is 0 Å². The Morgan fingerprint density at radius 3 is 2.46 bits per heavy atom. The van der Waals surface area contributed by atoms with Crippen LogP contribution in [0.15, 0.2) is 59.9 Å². The van der Waals surface area contributed by atoms with Gasteiger partial charge in [0.15, 0.2) is 5.96 Å². The van der Waals surface area contributed by atoms with Crippen molar-refractivity contribution in [2.75, 3.05) is 25.0 Å². The third-order valence-corrected chi connectivity index (χ3v) is 3.11. The van der Waals surface area contributed by atoms with Crippen molar-refractivity contribution in [3.05, 3.63) is 54.9 Å². The minimum absolute atomic E-state index is 0. The van der Waals surface area contributed by atoms with Crippen LogP contribution in [0.5, 0.6) is 0 Å². The molecule has 1 heterocycles. The van der Waals surface area contributed by atoms with Gasteiger partial charge in [-0.2, -0.15) is 0 Å². The molecule has 7 heteroatoms. The van der Waals surface area contributed by atoms with E-state index in [2.05, 4.69) is 25.5 Å². The summed E-state index contributed by atoms with van der Waals surface area (Å²) in [6, 6.07) is 13.4. The Labute approximate surface area is 159 Å². The van der Waals surface area contributed by atoms with Crippen molar-refractivity contribution < 1.29 is 4.79 Å². The average molecular weight is 441 g/mol. The highest BCUT2D eigenvalue weighted by Gasteiger charge is 2.02. The molecule has 3 N–H and O–H groups in total. The summed E-state index contributed by atoms with van der Waals surface area (Å²) in [5.74, 6) is 0.502. The van der Waals surface area contributed by atoms with Crippen LogP contribution in [0.2, 0.25) is 0 Å². The Morgan fingerprint density at radius 2 is 1.79 bits per heavy atom. The second-order valence-corrected chi connectivity index (χ2v) is 4.96. The first-order chi connectivity index (χ1) is 11.3. The van der Waals surface area contributed by atoms with E-state index in [9.17, 15) is 4.79 Å². The lowest BCUT2D eigenvalue weighted by atomic mass is 10.3. The fourth-order valence-electron chi connectivity index (χ4n) is 2.04. The largest absolute Gasteiger partial charge is 0.357 e. The van der Waals surface area contributed by atoms with Gasteiger partial charge < -0.3 is 20.5 Å². The number of amides is 1. The molecule has 1 amide bonds. The Kier molecular flexibility index (Phi) is 9.59. The number of hydrogen-bond donors (Lipinski definition) is 3. The van der Waals surface area contributed by atoms with E-state index in [0.717, 1.165) is 25.3 Å². The van der Waals surface area contributed by atoms with E-state index in [4.69, 9.17) is 0 Å². The van der Waals surface area contributed by atoms with Gasteiger partial charge in [-0.15, -0.1) is 24.0 Å². The number of nitrogens with one attached hydrogen (secondary N) is 3. The van der Waals surface area contributed by atoms with Crippen LogP contribution in [-0.2, 0) is 11.3 Å². The van der Waals surface area contributed by atoms with Crippen LogP contribution in [0.25, 0.3) is 0 Å². The summed E-state index contributed by atoms with van der Waals surface area (Å²) in [6.07, 6.45) is 4.03. The Hall–Kier alpha value is -2.03. The lowest BCUT2D eigenvalue weighted by molar-refractivity contribution is -0.114. The second kappa shape index (κ2) is 11.5. The summed E-state index contributed by atoms with van der Waals surface area (Å²) in [6.45, 7) is 4.39. The number of carbonyl (C=O) groups excluding carboxylic acids is 1. The Morgan fingerprint density at radius 1 is 1.08 bits per heavy atom. The molecule has 0 aliphatic rings. The second-order valence-electron chi connectivity index (χ2n) is 4.96. The highest BCUT2D eigenvalue weighted by atomic mass is 127. The van der Waals surface area contributed by atoms with E-state index in [1.165, 1.54) is 0 Å². The highest BCUT2D eigenvalue weighted by Crippen LogP contribution is 2.04. The Bertz CT molecular complexity index is 613. The number of benzene rings is 1. The lowest BCUT2D eigenvalue weighted by Crippen LogP contribution is -2.39. The van der Waals surface area contributed by atoms with Gasteiger partial charge in [0.05, 0.1) is 0 Å². The zero-order valence-corrected chi connectivity index (χ0v) is 16.1. The number of aliphatic imine (C=N–C) groups is 1. The standard InChI is InChI=1S/C17H23N5O.HI/c1-2-18-17(19-10-13-22-11-6-7-12-22)20-14-16(23)21-15-8-4-3-5-9-15;/h3-9,11-12H,2,10,13-14H2,1H3,(H,21,23)(H2,18,19,20);1H. The predicted molar refractivity (Wildman–Crippen MR) is 109 cm³/mol. The molecule has 0 spiro atoms. The maximum Gasteiger partial charge on any atom is 0.246 e. The van der Waals surface area contributed by atoms with Gasteiger partial charge in [0.25, 0.3) is 0 Å². The molecule has 0 unspecified atom stereocenters. The Balaban J connectivity index is 0.00000288. The molecule has 6 nitrogen and oxygen atoms in total. The topological polar surface area (TPSA) is 70.4 Å². The molecule has 2 aromatic rings. The number of carbonyl (C=O) groups is 1.